The molecule has 2 aromatic carbocycles. The summed E-state index contributed by atoms with van der Waals surface area (Å²) in [6.45, 7) is 0. The minimum atomic E-state index is 0.908. The van der Waals surface area contributed by atoms with Crippen molar-refractivity contribution in [1.82, 2.24) is 9.97 Å². The molecule has 0 fully saturated rings. The molecule has 3 aromatic heterocycles. The van der Waals surface area contributed by atoms with Gasteiger partial charge in [-0.25, -0.2) is 0 Å². The van der Waals surface area contributed by atoms with E-state index < -0.39 is 0 Å². The summed E-state index contributed by atoms with van der Waals surface area (Å²) in [4.78, 5) is 7.88. The standard InChI is InChI=1S/C17H10N2O/c1-2-6-15-10(4-1)11-8-14-12(9-16(11)20-15)17-13(19-14)5-3-7-18-17/h1-9,19H. The quantitative estimate of drug-likeness (QED) is 0.440. The van der Waals surface area contributed by atoms with Gasteiger partial charge in [0, 0.05) is 27.9 Å². The van der Waals surface area contributed by atoms with Crippen molar-refractivity contribution in [3.8, 4) is 0 Å². The van der Waals surface area contributed by atoms with E-state index in [9.17, 15) is 0 Å². The third kappa shape index (κ3) is 1.17. The number of nitrogens with zero attached hydrogens (tertiary/aromatic N) is 1. The Balaban J connectivity index is 2.05. The number of nitrogens with one attached hydrogen (secondary N) is 1. The molecule has 0 amide bonds. The first-order chi connectivity index (χ1) is 9.90. The molecule has 0 aliphatic heterocycles. The number of hydrogen-bond donors (Lipinski definition) is 1. The van der Waals surface area contributed by atoms with Gasteiger partial charge in [-0.2, -0.15) is 0 Å². The maximum Gasteiger partial charge on any atom is 0.136 e. The van der Waals surface area contributed by atoms with E-state index in [1.54, 1.807) is 0 Å². The molecule has 3 heteroatoms. The number of hydrogen-bond acceptors (Lipinski definition) is 2. The molecule has 0 saturated heterocycles. The molecule has 0 saturated carbocycles. The Morgan fingerprint density at radius 1 is 0.800 bits per heavy atom. The summed E-state index contributed by atoms with van der Waals surface area (Å²) in [7, 11) is 0. The van der Waals surface area contributed by atoms with Gasteiger partial charge in [0.05, 0.1) is 11.0 Å². The van der Waals surface area contributed by atoms with Crippen LogP contribution < -0.4 is 0 Å². The van der Waals surface area contributed by atoms with E-state index in [1.165, 1.54) is 0 Å². The molecule has 3 nitrogen and oxygen atoms in total. The van der Waals surface area contributed by atoms with Crippen LogP contribution in [0.15, 0.2) is 59.1 Å². The van der Waals surface area contributed by atoms with Crippen LogP contribution in [0, 0.1) is 0 Å². The highest BCUT2D eigenvalue weighted by atomic mass is 16.3. The van der Waals surface area contributed by atoms with Crippen LogP contribution in [-0.4, -0.2) is 9.97 Å². The maximum atomic E-state index is 5.94. The summed E-state index contributed by atoms with van der Waals surface area (Å²) in [5, 5.41) is 3.39. The van der Waals surface area contributed by atoms with Crippen LogP contribution in [0.5, 0.6) is 0 Å². The van der Waals surface area contributed by atoms with E-state index in [4.69, 9.17) is 4.42 Å². The highest BCUT2D eigenvalue weighted by molar-refractivity contribution is 6.14. The zero-order chi connectivity index (χ0) is 13.1. The van der Waals surface area contributed by atoms with Gasteiger partial charge in [0.1, 0.15) is 11.2 Å². The molecule has 0 unspecified atom stereocenters. The Hall–Kier alpha value is -2.81. The van der Waals surface area contributed by atoms with Gasteiger partial charge >= 0.3 is 0 Å². The number of para-hydroxylation sites is 1. The number of fused-ring (bicyclic) bond motifs is 6. The molecule has 20 heavy (non-hydrogen) atoms. The van der Waals surface area contributed by atoms with E-state index in [0.29, 0.717) is 0 Å². The second kappa shape index (κ2) is 3.39. The average molecular weight is 258 g/mol. The van der Waals surface area contributed by atoms with Crippen molar-refractivity contribution < 1.29 is 4.42 Å². The third-order valence-electron chi connectivity index (χ3n) is 3.85. The first-order valence-electron chi connectivity index (χ1n) is 6.58. The number of H-pyrrole nitrogens is 1. The molecule has 0 spiro atoms. The fourth-order valence-corrected chi connectivity index (χ4v) is 2.94. The summed E-state index contributed by atoms with van der Waals surface area (Å²) in [5.74, 6) is 0. The molecule has 0 radical (unpaired) electrons. The minimum Gasteiger partial charge on any atom is -0.456 e. The monoisotopic (exact) mass is 258 g/mol. The van der Waals surface area contributed by atoms with Crippen LogP contribution in [0.4, 0.5) is 0 Å². The third-order valence-corrected chi connectivity index (χ3v) is 3.85. The molecule has 0 aliphatic rings. The van der Waals surface area contributed by atoms with Gasteiger partial charge in [-0.05, 0) is 30.3 Å². The van der Waals surface area contributed by atoms with Crippen molar-refractivity contribution in [2.45, 2.75) is 0 Å². The molecule has 5 aromatic rings. The number of aromatic amines is 1. The highest BCUT2D eigenvalue weighted by Gasteiger charge is 2.11. The van der Waals surface area contributed by atoms with Crippen LogP contribution in [0.2, 0.25) is 0 Å². The summed E-state index contributed by atoms with van der Waals surface area (Å²) in [5.41, 5.74) is 4.97. The molecule has 0 bridgehead atoms. The lowest BCUT2D eigenvalue weighted by molar-refractivity contribution is 0.669. The van der Waals surface area contributed by atoms with Crippen LogP contribution in [0.25, 0.3) is 43.9 Å². The lowest BCUT2D eigenvalue weighted by Crippen LogP contribution is -1.71. The topological polar surface area (TPSA) is 41.8 Å². The van der Waals surface area contributed by atoms with E-state index in [1.807, 2.05) is 36.5 Å². The lowest BCUT2D eigenvalue weighted by atomic mass is 10.1. The molecule has 0 aliphatic carbocycles. The van der Waals surface area contributed by atoms with E-state index in [0.717, 1.165) is 43.9 Å². The molecule has 0 atom stereocenters. The number of rotatable bonds is 0. The summed E-state index contributed by atoms with van der Waals surface area (Å²) in [6, 6.07) is 16.3. The van der Waals surface area contributed by atoms with Crippen molar-refractivity contribution in [2.24, 2.45) is 0 Å². The van der Waals surface area contributed by atoms with E-state index in [2.05, 4.69) is 28.2 Å². The Kier molecular flexibility index (Phi) is 1.70. The van der Waals surface area contributed by atoms with Crippen LogP contribution in [-0.2, 0) is 0 Å². The predicted octanol–water partition coefficient (Wildman–Crippen LogP) is 4.62. The van der Waals surface area contributed by atoms with Crippen LogP contribution >= 0.6 is 0 Å². The Labute approximate surface area is 113 Å². The first kappa shape index (κ1) is 10.0. The smallest absolute Gasteiger partial charge is 0.136 e. The second-order valence-corrected chi connectivity index (χ2v) is 5.02. The fourth-order valence-electron chi connectivity index (χ4n) is 2.94. The second-order valence-electron chi connectivity index (χ2n) is 5.02. The highest BCUT2D eigenvalue weighted by Crippen LogP contribution is 2.33. The van der Waals surface area contributed by atoms with Crippen LogP contribution in [0.3, 0.4) is 0 Å². The molecular weight excluding hydrogens is 248 g/mol. The van der Waals surface area contributed by atoms with Gasteiger partial charge in [0.25, 0.3) is 0 Å². The summed E-state index contributed by atoms with van der Waals surface area (Å²) >= 11 is 0. The number of pyridine rings is 1. The molecule has 94 valence electrons. The Morgan fingerprint density at radius 2 is 1.75 bits per heavy atom. The SMILES string of the molecule is c1cnc2c(c1)[nH]c1cc3c(cc12)oc1ccccc13. The minimum absolute atomic E-state index is 0.908. The largest absolute Gasteiger partial charge is 0.456 e. The van der Waals surface area contributed by atoms with E-state index in [-0.39, 0.29) is 0 Å². The van der Waals surface area contributed by atoms with Crippen molar-refractivity contribution in [3.63, 3.8) is 0 Å². The number of benzene rings is 2. The van der Waals surface area contributed by atoms with Gasteiger partial charge in [-0.3, -0.25) is 4.98 Å². The van der Waals surface area contributed by atoms with Gasteiger partial charge in [-0.1, -0.05) is 18.2 Å². The molecular formula is C17H10N2O. The molecule has 1 N–H and O–H groups in total. The lowest BCUT2D eigenvalue weighted by Gasteiger charge is -1.91. The van der Waals surface area contributed by atoms with Crippen molar-refractivity contribution >= 4 is 43.9 Å². The molecule has 3 heterocycles. The van der Waals surface area contributed by atoms with Crippen molar-refractivity contribution in [2.75, 3.05) is 0 Å². The normalized spacial score (nSPS) is 12.0. The molecule has 5 rings (SSSR count). The predicted molar refractivity (Wildman–Crippen MR) is 80.9 cm³/mol. The van der Waals surface area contributed by atoms with Gasteiger partial charge in [0.2, 0.25) is 0 Å². The zero-order valence-corrected chi connectivity index (χ0v) is 10.6. The summed E-state index contributed by atoms with van der Waals surface area (Å²) < 4.78 is 5.94. The van der Waals surface area contributed by atoms with E-state index >= 15 is 0 Å². The number of aromatic nitrogens is 2. The van der Waals surface area contributed by atoms with Gasteiger partial charge < -0.3 is 9.40 Å². The van der Waals surface area contributed by atoms with Crippen LogP contribution in [0.1, 0.15) is 0 Å². The first-order valence-corrected chi connectivity index (χ1v) is 6.58. The van der Waals surface area contributed by atoms with Gasteiger partial charge in [-0.15, -0.1) is 0 Å². The van der Waals surface area contributed by atoms with Gasteiger partial charge in [0.15, 0.2) is 0 Å². The Morgan fingerprint density at radius 3 is 2.75 bits per heavy atom. The average Bonchev–Trinajstić information content (AvgIpc) is 3.02. The zero-order valence-electron chi connectivity index (χ0n) is 10.6. The fraction of sp³-hybridized carbons (Fsp3) is 0. The van der Waals surface area contributed by atoms with Crippen molar-refractivity contribution in [1.29, 1.82) is 0 Å². The summed E-state index contributed by atoms with van der Waals surface area (Å²) in [6.07, 6.45) is 1.82. The Bertz CT molecular complexity index is 1010. The van der Waals surface area contributed by atoms with Crippen molar-refractivity contribution in [3.05, 3.63) is 54.7 Å². The maximum absolute atomic E-state index is 5.94. The number of furan rings is 1.